The zero-order valence-corrected chi connectivity index (χ0v) is 8.77. The van der Waals surface area contributed by atoms with Crippen molar-refractivity contribution in [2.75, 3.05) is 13.1 Å². The Kier molecular flexibility index (Phi) is 2.55. The Morgan fingerprint density at radius 2 is 2.38 bits per heavy atom. The van der Waals surface area contributed by atoms with E-state index in [1.165, 1.54) is 6.42 Å². The summed E-state index contributed by atoms with van der Waals surface area (Å²) in [6.07, 6.45) is 1.23. The summed E-state index contributed by atoms with van der Waals surface area (Å²) in [4.78, 5) is 0. The maximum absolute atomic E-state index is 4.13. The molecule has 1 aliphatic rings. The van der Waals surface area contributed by atoms with Crippen molar-refractivity contribution in [3.8, 4) is 0 Å². The van der Waals surface area contributed by atoms with Gasteiger partial charge in [-0.15, -0.1) is 10.2 Å². The van der Waals surface area contributed by atoms with Crippen LogP contribution in [0, 0.1) is 6.92 Å². The van der Waals surface area contributed by atoms with Crippen molar-refractivity contribution >= 4 is 11.8 Å². The van der Waals surface area contributed by atoms with Gasteiger partial charge in [-0.25, -0.2) is 0 Å². The van der Waals surface area contributed by atoms with Crippen LogP contribution in [0.2, 0.25) is 0 Å². The number of hydrogen-bond donors (Lipinski definition) is 1. The number of aromatic nitrogens is 3. The van der Waals surface area contributed by atoms with Crippen LogP contribution in [0.1, 0.15) is 12.2 Å². The molecule has 1 aromatic heterocycles. The molecular weight excluding hydrogens is 184 g/mol. The lowest BCUT2D eigenvalue weighted by Crippen LogP contribution is -2.10. The van der Waals surface area contributed by atoms with Gasteiger partial charge in [-0.3, -0.25) is 0 Å². The highest BCUT2D eigenvalue weighted by Crippen LogP contribution is 2.24. The summed E-state index contributed by atoms with van der Waals surface area (Å²) in [6, 6.07) is 0. The molecule has 0 bridgehead atoms. The Morgan fingerprint density at radius 1 is 1.54 bits per heavy atom. The van der Waals surface area contributed by atoms with Crippen LogP contribution in [-0.4, -0.2) is 33.1 Å². The van der Waals surface area contributed by atoms with Gasteiger partial charge in [0.2, 0.25) is 0 Å². The van der Waals surface area contributed by atoms with Gasteiger partial charge in [0.15, 0.2) is 5.16 Å². The smallest absolute Gasteiger partial charge is 0.191 e. The van der Waals surface area contributed by atoms with Crippen LogP contribution in [0.15, 0.2) is 5.16 Å². The molecule has 5 heteroatoms. The third-order valence-electron chi connectivity index (χ3n) is 2.34. The predicted octanol–water partition coefficient (Wildman–Crippen LogP) is 0.578. The molecule has 0 spiro atoms. The summed E-state index contributed by atoms with van der Waals surface area (Å²) in [7, 11) is 2.01. The largest absolute Gasteiger partial charge is 0.316 e. The van der Waals surface area contributed by atoms with E-state index in [0.29, 0.717) is 5.25 Å². The van der Waals surface area contributed by atoms with Crippen LogP contribution in [0.25, 0.3) is 0 Å². The highest BCUT2D eigenvalue weighted by atomic mass is 32.2. The summed E-state index contributed by atoms with van der Waals surface area (Å²) in [5.41, 5.74) is 0. The molecule has 1 unspecified atom stereocenters. The molecule has 0 aromatic carbocycles. The lowest BCUT2D eigenvalue weighted by atomic mass is 10.4. The molecular formula is C8H14N4S. The van der Waals surface area contributed by atoms with E-state index in [0.717, 1.165) is 24.1 Å². The van der Waals surface area contributed by atoms with E-state index in [1.54, 1.807) is 0 Å². The minimum atomic E-state index is 0.669. The Balaban J connectivity index is 2.04. The fraction of sp³-hybridized carbons (Fsp3) is 0.750. The first-order valence-corrected chi connectivity index (χ1v) is 5.38. The van der Waals surface area contributed by atoms with Gasteiger partial charge in [0, 0.05) is 18.8 Å². The van der Waals surface area contributed by atoms with E-state index in [4.69, 9.17) is 0 Å². The van der Waals surface area contributed by atoms with E-state index in [1.807, 2.05) is 30.3 Å². The Morgan fingerprint density at radius 3 is 2.92 bits per heavy atom. The second kappa shape index (κ2) is 3.67. The van der Waals surface area contributed by atoms with Crippen molar-refractivity contribution in [3.63, 3.8) is 0 Å². The van der Waals surface area contributed by atoms with Gasteiger partial charge in [-0.05, 0) is 19.9 Å². The van der Waals surface area contributed by atoms with Gasteiger partial charge in [0.25, 0.3) is 0 Å². The van der Waals surface area contributed by atoms with Crippen LogP contribution in [0.3, 0.4) is 0 Å². The SMILES string of the molecule is Cc1nnc(SC2CCNC2)n1C. The molecule has 1 aromatic rings. The summed E-state index contributed by atoms with van der Waals surface area (Å²) in [5.74, 6) is 0.980. The average molecular weight is 198 g/mol. The highest BCUT2D eigenvalue weighted by molar-refractivity contribution is 7.99. The molecule has 1 N–H and O–H groups in total. The van der Waals surface area contributed by atoms with Gasteiger partial charge in [0.1, 0.15) is 5.82 Å². The number of nitrogens with zero attached hydrogens (tertiary/aromatic N) is 3. The number of nitrogens with one attached hydrogen (secondary N) is 1. The second-order valence-electron chi connectivity index (χ2n) is 3.32. The van der Waals surface area contributed by atoms with Gasteiger partial charge in [-0.1, -0.05) is 11.8 Å². The minimum absolute atomic E-state index is 0.669. The Labute approximate surface area is 82.1 Å². The molecule has 1 saturated heterocycles. The van der Waals surface area contributed by atoms with Gasteiger partial charge >= 0.3 is 0 Å². The molecule has 0 radical (unpaired) electrons. The topological polar surface area (TPSA) is 42.7 Å². The van der Waals surface area contributed by atoms with E-state index < -0.39 is 0 Å². The summed E-state index contributed by atoms with van der Waals surface area (Å²) in [6.45, 7) is 4.20. The van der Waals surface area contributed by atoms with E-state index in [-0.39, 0.29) is 0 Å². The summed E-state index contributed by atoms with van der Waals surface area (Å²) >= 11 is 1.83. The maximum atomic E-state index is 4.13. The first kappa shape index (κ1) is 9.02. The average Bonchev–Trinajstić information content (AvgIpc) is 2.71. The third kappa shape index (κ3) is 1.86. The maximum Gasteiger partial charge on any atom is 0.191 e. The molecule has 0 amide bonds. The third-order valence-corrected chi connectivity index (χ3v) is 3.64. The summed E-state index contributed by atoms with van der Waals surface area (Å²) in [5, 5.41) is 13.2. The van der Waals surface area contributed by atoms with E-state index in [9.17, 15) is 0 Å². The zero-order valence-electron chi connectivity index (χ0n) is 7.95. The van der Waals surface area contributed by atoms with Crippen LogP contribution < -0.4 is 5.32 Å². The fourth-order valence-electron chi connectivity index (χ4n) is 1.37. The standard InChI is InChI=1S/C8H14N4S/c1-6-10-11-8(12(6)2)13-7-3-4-9-5-7/h7,9H,3-5H2,1-2H3. The van der Waals surface area contributed by atoms with Crippen molar-refractivity contribution in [2.24, 2.45) is 7.05 Å². The Hall–Kier alpha value is -0.550. The van der Waals surface area contributed by atoms with Gasteiger partial charge < -0.3 is 9.88 Å². The molecule has 2 rings (SSSR count). The van der Waals surface area contributed by atoms with Crippen molar-refractivity contribution < 1.29 is 0 Å². The molecule has 0 saturated carbocycles. The molecule has 72 valence electrons. The van der Waals surface area contributed by atoms with Crippen LogP contribution >= 0.6 is 11.8 Å². The monoisotopic (exact) mass is 198 g/mol. The predicted molar refractivity (Wildman–Crippen MR) is 52.9 cm³/mol. The first-order valence-electron chi connectivity index (χ1n) is 4.51. The normalized spacial score (nSPS) is 22.5. The number of rotatable bonds is 2. The van der Waals surface area contributed by atoms with E-state index >= 15 is 0 Å². The van der Waals surface area contributed by atoms with Crippen molar-refractivity contribution in [1.82, 2.24) is 20.1 Å². The van der Waals surface area contributed by atoms with Crippen LogP contribution in [0.4, 0.5) is 0 Å². The highest BCUT2D eigenvalue weighted by Gasteiger charge is 2.18. The van der Waals surface area contributed by atoms with E-state index in [2.05, 4.69) is 15.5 Å². The number of thioether (sulfide) groups is 1. The Bertz CT molecular complexity index is 290. The number of aryl methyl sites for hydroxylation is 1. The molecule has 13 heavy (non-hydrogen) atoms. The van der Waals surface area contributed by atoms with Crippen LogP contribution in [-0.2, 0) is 7.05 Å². The molecule has 1 fully saturated rings. The molecule has 0 aliphatic carbocycles. The molecule has 2 heterocycles. The zero-order chi connectivity index (χ0) is 9.26. The fourth-order valence-corrected chi connectivity index (χ4v) is 2.48. The van der Waals surface area contributed by atoms with Gasteiger partial charge in [-0.2, -0.15) is 0 Å². The molecule has 4 nitrogen and oxygen atoms in total. The summed E-state index contributed by atoms with van der Waals surface area (Å²) < 4.78 is 2.04. The first-order chi connectivity index (χ1) is 6.27. The molecule has 1 atom stereocenters. The lowest BCUT2D eigenvalue weighted by Gasteiger charge is -2.06. The lowest BCUT2D eigenvalue weighted by molar-refractivity contribution is 0.760. The van der Waals surface area contributed by atoms with Gasteiger partial charge in [0.05, 0.1) is 0 Å². The second-order valence-corrected chi connectivity index (χ2v) is 4.59. The van der Waals surface area contributed by atoms with Crippen molar-refractivity contribution in [2.45, 2.75) is 23.8 Å². The number of hydrogen-bond acceptors (Lipinski definition) is 4. The minimum Gasteiger partial charge on any atom is -0.316 e. The molecule has 1 aliphatic heterocycles. The van der Waals surface area contributed by atoms with Crippen LogP contribution in [0.5, 0.6) is 0 Å². The van der Waals surface area contributed by atoms with Crippen molar-refractivity contribution in [3.05, 3.63) is 5.82 Å². The quantitative estimate of drug-likeness (QED) is 0.755. The van der Waals surface area contributed by atoms with Crippen molar-refractivity contribution in [1.29, 1.82) is 0 Å².